The van der Waals surface area contributed by atoms with Crippen molar-refractivity contribution >= 4 is 52.9 Å². The van der Waals surface area contributed by atoms with Gasteiger partial charge in [0, 0.05) is 24.6 Å². The number of thioether (sulfide) groups is 2. The van der Waals surface area contributed by atoms with Crippen molar-refractivity contribution in [3.8, 4) is 0 Å². The molecular formula is C15H14ClN7O5S2. The molecule has 4 rings (SSSR count). The van der Waals surface area contributed by atoms with Crippen molar-refractivity contribution in [1.82, 2.24) is 35.6 Å². The molecular weight excluding hydrogens is 458 g/mol. The van der Waals surface area contributed by atoms with Crippen LogP contribution in [0.5, 0.6) is 0 Å². The molecule has 2 N–H and O–H groups in total. The number of carbonyl (C=O) groups is 3. The van der Waals surface area contributed by atoms with E-state index in [0.29, 0.717) is 22.2 Å². The third kappa shape index (κ3) is 3.89. The van der Waals surface area contributed by atoms with Crippen LogP contribution in [-0.4, -0.2) is 76.1 Å². The molecule has 4 heterocycles. The Labute approximate surface area is 182 Å². The Bertz CT molecular complexity index is 1050. The molecule has 2 aliphatic rings. The normalized spacial score (nSPS) is 20.7. The van der Waals surface area contributed by atoms with Gasteiger partial charge in [-0.2, -0.15) is 0 Å². The van der Waals surface area contributed by atoms with Gasteiger partial charge in [-0.1, -0.05) is 28.5 Å². The predicted octanol–water partition coefficient (Wildman–Crippen LogP) is -0.0751. The SMILES string of the molecule is Cn1nnnc1SCC1=C(C(=O)O)N2C(=O)C(NC(=O)Cc3cc(Cl)no3)C2SC1. The number of aryl methyl sites for hydroxylation is 1. The van der Waals surface area contributed by atoms with Crippen LogP contribution >= 0.6 is 35.1 Å². The monoisotopic (exact) mass is 471 g/mol. The van der Waals surface area contributed by atoms with Crippen molar-refractivity contribution < 1.29 is 24.0 Å². The number of nitrogens with one attached hydrogen (secondary N) is 1. The molecule has 158 valence electrons. The summed E-state index contributed by atoms with van der Waals surface area (Å²) >= 11 is 8.32. The van der Waals surface area contributed by atoms with E-state index in [4.69, 9.17) is 16.1 Å². The molecule has 0 saturated carbocycles. The Kier molecular flexibility index (Phi) is 5.71. The molecule has 0 bridgehead atoms. The summed E-state index contributed by atoms with van der Waals surface area (Å²) in [6, 6.07) is 0.597. The maximum atomic E-state index is 12.6. The van der Waals surface area contributed by atoms with Gasteiger partial charge < -0.3 is 14.9 Å². The van der Waals surface area contributed by atoms with Gasteiger partial charge in [-0.05, 0) is 16.0 Å². The van der Waals surface area contributed by atoms with Gasteiger partial charge in [-0.25, -0.2) is 9.48 Å². The molecule has 15 heteroatoms. The fourth-order valence-corrected chi connectivity index (χ4v) is 5.53. The van der Waals surface area contributed by atoms with Crippen LogP contribution in [0.1, 0.15) is 5.76 Å². The molecule has 1 saturated heterocycles. The number of nitrogens with zero attached hydrogens (tertiary/aromatic N) is 6. The quantitative estimate of drug-likeness (QED) is 0.411. The summed E-state index contributed by atoms with van der Waals surface area (Å²) in [6.07, 6.45) is -0.129. The van der Waals surface area contributed by atoms with E-state index in [1.807, 2.05) is 0 Å². The summed E-state index contributed by atoms with van der Waals surface area (Å²) in [5.74, 6) is -1.13. The Morgan fingerprint density at radius 2 is 2.30 bits per heavy atom. The molecule has 2 unspecified atom stereocenters. The molecule has 2 aliphatic heterocycles. The molecule has 0 aromatic carbocycles. The zero-order chi connectivity index (χ0) is 21.4. The van der Waals surface area contributed by atoms with Gasteiger partial charge in [0.15, 0.2) is 5.15 Å². The standard InChI is InChI=1S/C15H14ClN7O5S2/c1-22-15(18-20-21-22)30-5-6-4-29-13-10(12(25)23(13)11(6)14(26)27)17-9(24)3-7-2-8(16)19-28-7/h2,10,13H,3-5H2,1H3,(H,17,24)(H,26,27). The topological polar surface area (TPSA) is 156 Å². The number of fused-ring (bicyclic) bond motifs is 1. The molecule has 2 amide bonds. The lowest BCUT2D eigenvalue weighted by atomic mass is 10.0. The third-order valence-corrected chi connectivity index (χ3v) is 7.00. The molecule has 0 radical (unpaired) electrons. The minimum atomic E-state index is -1.19. The van der Waals surface area contributed by atoms with Gasteiger partial charge in [-0.3, -0.25) is 14.5 Å². The average molecular weight is 472 g/mol. The Morgan fingerprint density at radius 3 is 2.93 bits per heavy atom. The first-order valence-electron chi connectivity index (χ1n) is 8.50. The van der Waals surface area contributed by atoms with E-state index < -0.39 is 29.2 Å². The molecule has 2 atom stereocenters. The Hall–Kier alpha value is -2.58. The summed E-state index contributed by atoms with van der Waals surface area (Å²) in [4.78, 5) is 37.9. The fraction of sp³-hybridized carbons (Fsp3) is 0.400. The number of hydrogen-bond donors (Lipinski definition) is 2. The number of aliphatic carboxylic acids is 1. The van der Waals surface area contributed by atoms with E-state index >= 15 is 0 Å². The summed E-state index contributed by atoms with van der Waals surface area (Å²) < 4.78 is 6.36. The third-order valence-electron chi connectivity index (χ3n) is 4.39. The van der Waals surface area contributed by atoms with Crippen molar-refractivity contribution in [1.29, 1.82) is 0 Å². The summed E-state index contributed by atoms with van der Waals surface area (Å²) in [7, 11) is 1.68. The maximum absolute atomic E-state index is 12.6. The highest BCUT2D eigenvalue weighted by atomic mass is 35.5. The second kappa shape index (κ2) is 8.28. The van der Waals surface area contributed by atoms with Crippen molar-refractivity contribution in [2.75, 3.05) is 11.5 Å². The number of hydrogen-bond acceptors (Lipinski definition) is 10. The highest BCUT2D eigenvalue weighted by Crippen LogP contribution is 2.41. The predicted molar refractivity (Wildman–Crippen MR) is 104 cm³/mol. The molecule has 0 aliphatic carbocycles. The van der Waals surface area contributed by atoms with Crippen molar-refractivity contribution in [2.24, 2.45) is 7.05 Å². The van der Waals surface area contributed by atoms with Crippen molar-refractivity contribution in [3.05, 3.63) is 28.2 Å². The van der Waals surface area contributed by atoms with E-state index in [-0.39, 0.29) is 23.0 Å². The number of carboxylic acid groups (broad SMARTS) is 1. The van der Waals surface area contributed by atoms with Crippen LogP contribution in [0.15, 0.2) is 27.0 Å². The van der Waals surface area contributed by atoms with Crippen LogP contribution in [-0.2, 0) is 27.9 Å². The van der Waals surface area contributed by atoms with Gasteiger partial charge in [0.25, 0.3) is 5.91 Å². The highest BCUT2D eigenvalue weighted by Gasteiger charge is 2.54. The number of rotatable bonds is 7. The largest absolute Gasteiger partial charge is 0.477 e. The van der Waals surface area contributed by atoms with Crippen LogP contribution in [0.25, 0.3) is 0 Å². The number of amides is 2. The van der Waals surface area contributed by atoms with E-state index in [0.717, 1.165) is 0 Å². The van der Waals surface area contributed by atoms with Crippen LogP contribution in [0, 0.1) is 0 Å². The first-order chi connectivity index (χ1) is 14.3. The summed E-state index contributed by atoms with van der Waals surface area (Å²) in [5.41, 5.74) is 0.532. The lowest BCUT2D eigenvalue weighted by Crippen LogP contribution is -2.70. The van der Waals surface area contributed by atoms with Crippen LogP contribution in [0.2, 0.25) is 5.15 Å². The number of tetrazole rings is 1. The summed E-state index contributed by atoms with van der Waals surface area (Å²) in [5, 5.41) is 27.1. The van der Waals surface area contributed by atoms with E-state index in [1.165, 1.54) is 39.2 Å². The highest BCUT2D eigenvalue weighted by molar-refractivity contribution is 8.01. The Balaban J connectivity index is 1.44. The number of carbonyl (C=O) groups excluding carboxylic acids is 2. The first-order valence-corrected chi connectivity index (χ1v) is 10.9. The van der Waals surface area contributed by atoms with E-state index in [9.17, 15) is 19.5 Å². The zero-order valence-corrected chi connectivity index (χ0v) is 17.7. The summed E-state index contributed by atoms with van der Waals surface area (Å²) in [6.45, 7) is 0. The van der Waals surface area contributed by atoms with Gasteiger partial charge >= 0.3 is 5.97 Å². The Morgan fingerprint density at radius 1 is 1.50 bits per heavy atom. The lowest BCUT2D eigenvalue weighted by Gasteiger charge is -2.49. The fourth-order valence-electron chi connectivity index (χ4n) is 3.04. The van der Waals surface area contributed by atoms with Crippen molar-refractivity contribution in [3.63, 3.8) is 0 Å². The first kappa shape index (κ1) is 20.7. The van der Waals surface area contributed by atoms with E-state index in [2.05, 4.69) is 26.0 Å². The number of carboxylic acids is 1. The van der Waals surface area contributed by atoms with Gasteiger partial charge in [0.2, 0.25) is 11.1 Å². The van der Waals surface area contributed by atoms with Crippen LogP contribution in [0.4, 0.5) is 0 Å². The van der Waals surface area contributed by atoms with Crippen LogP contribution in [0.3, 0.4) is 0 Å². The molecule has 12 nitrogen and oxygen atoms in total. The maximum Gasteiger partial charge on any atom is 0.352 e. The van der Waals surface area contributed by atoms with Gasteiger partial charge in [0.05, 0.1) is 6.42 Å². The van der Waals surface area contributed by atoms with Gasteiger partial charge in [0.1, 0.15) is 22.9 Å². The van der Waals surface area contributed by atoms with Crippen molar-refractivity contribution in [2.45, 2.75) is 23.0 Å². The molecule has 0 spiro atoms. The minimum Gasteiger partial charge on any atom is -0.477 e. The smallest absolute Gasteiger partial charge is 0.352 e. The lowest BCUT2D eigenvalue weighted by molar-refractivity contribution is -0.150. The minimum absolute atomic E-state index is 0.0566. The molecule has 30 heavy (non-hydrogen) atoms. The molecule has 2 aromatic heterocycles. The van der Waals surface area contributed by atoms with Gasteiger partial charge in [-0.15, -0.1) is 16.9 Å². The van der Waals surface area contributed by atoms with Crippen LogP contribution < -0.4 is 5.32 Å². The molecule has 1 fully saturated rings. The number of aromatic nitrogens is 5. The second-order valence-electron chi connectivity index (χ2n) is 6.38. The number of halogens is 1. The zero-order valence-electron chi connectivity index (χ0n) is 15.3. The molecule has 2 aromatic rings. The number of β-lactam (4-membered cyclic amide) rings is 1. The van der Waals surface area contributed by atoms with E-state index in [1.54, 1.807) is 7.05 Å². The second-order valence-corrected chi connectivity index (χ2v) is 8.81. The average Bonchev–Trinajstić information content (AvgIpc) is 3.31.